The number of para-hydroxylation sites is 1. The molecule has 0 N–H and O–H groups in total. The molecule has 0 radical (unpaired) electrons. The summed E-state index contributed by atoms with van der Waals surface area (Å²) in [6.07, 6.45) is 0. The lowest BCUT2D eigenvalue weighted by atomic mass is 9.81. The quantitative estimate of drug-likeness (QED) is 0.140. The SMILES string of the molecule is CC1(C)c2cc(-c3ccc4c(c3)c(-c3ccccc3)c(-c3ccccc3)n4-c3ccccc3)ccc2-c2ccc(N(c3ccc(-c4ccccc4)cc3)c3ccc(-c4ccccc4)cc3)cc21. The Balaban J connectivity index is 0.957. The second-order valence-corrected chi connectivity index (χ2v) is 18.1. The van der Waals surface area contributed by atoms with Gasteiger partial charge in [-0.2, -0.15) is 0 Å². The molecule has 1 aliphatic rings. The topological polar surface area (TPSA) is 8.17 Å². The number of fused-ring (bicyclic) bond motifs is 4. The van der Waals surface area contributed by atoms with Gasteiger partial charge in [0.2, 0.25) is 0 Å². The Kier molecular flexibility index (Phi) is 9.88. The van der Waals surface area contributed by atoms with Gasteiger partial charge >= 0.3 is 0 Å². The van der Waals surface area contributed by atoms with Crippen molar-refractivity contribution in [1.82, 2.24) is 4.57 Å². The lowest BCUT2D eigenvalue weighted by Crippen LogP contribution is -2.16. The molecule has 0 bridgehead atoms. The molecule has 0 spiro atoms. The Morgan fingerprint density at radius 2 is 0.731 bits per heavy atom. The van der Waals surface area contributed by atoms with E-state index in [-0.39, 0.29) is 5.41 Å². The van der Waals surface area contributed by atoms with Crippen LogP contribution in [0.15, 0.2) is 255 Å². The van der Waals surface area contributed by atoms with Gasteiger partial charge in [0.1, 0.15) is 0 Å². The van der Waals surface area contributed by atoms with E-state index in [1.54, 1.807) is 0 Å². The van der Waals surface area contributed by atoms with Gasteiger partial charge in [-0.15, -0.1) is 0 Å². The zero-order valence-electron chi connectivity index (χ0n) is 37.6. The zero-order chi connectivity index (χ0) is 44.9. The minimum atomic E-state index is -0.243. The van der Waals surface area contributed by atoms with Crippen molar-refractivity contribution >= 4 is 28.0 Å². The molecule has 2 heteroatoms. The molecule has 0 atom stereocenters. The van der Waals surface area contributed by atoms with Crippen molar-refractivity contribution in [1.29, 1.82) is 0 Å². The van der Waals surface area contributed by atoms with Crippen LogP contribution < -0.4 is 4.90 Å². The molecular weight excluding hydrogens is 809 g/mol. The van der Waals surface area contributed by atoms with Crippen LogP contribution in [0.5, 0.6) is 0 Å². The zero-order valence-corrected chi connectivity index (χ0v) is 37.6. The number of anilines is 3. The molecular formula is C65H48N2. The van der Waals surface area contributed by atoms with E-state index in [2.05, 4.69) is 278 Å². The Morgan fingerprint density at radius 3 is 1.28 bits per heavy atom. The Labute approximate surface area is 393 Å². The Morgan fingerprint density at radius 1 is 0.328 bits per heavy atom. The molecule has 0 saturated heterocycles. The van der Waals surface area contributed by atoms with E-state index < -0.39 is 0 Å². The second kappa shape index (κ2) is 16.5. The molecule has 2 nitrogen and oxygen atoms in total. The predicted octanol–water partition coefficient (Wildman–Crippen LogP) is 17.7. The molecule has 0 fully saturated rings. The number of hydrogen-bond acceptors (Lipinski definition) is 1. The fourth-order valence-corrected chi connectivity index (χ4v) is 10.4. The monoisotopic (exact) mass is 856 g/mol. The summed E-state index contributed by atoms with van der Waals surface area (Å²) in [5, 5.41) is 1.23. The summed E-state index contributed by atoms with van der Waals surface area (Å²) < 4.78 is 2.44. The van der Waals surface area contributed by atoms with Crippen molar-refractivity contribution in [3.05, 3.63) is 266 Å². The summed E-state index contributed by atoms with van der Waals surface area (Å²) in [5.74, 6) is 0. The summed E-state index contributed by atoms with van der Waals surface area (Å²) >= 11 is 0. The van der Waals surface area contributed by atoms with Crippen LogP contribution in [0.4, 0.5) is 17.1 Å². The summed E-state index contributed by atoms with van der Waals surface area (Å²) in [7, 11) is 0. The van der Waals surface area contributed by atoms with Gasteiger partial charge in [0.15, 0.2) is 0 Å². The number of hydrogen-bond donors (Lipinski definition) is 0. The Hall–Kier alpha value is -8.46. The van der Waals surface area contributed by atoms with E-state index in [0.717, 1.165) is 22.7 Å². The van der Waals surface area contributed by atoms with Gasteiger partial charge in [-0.1, -0.05) is 202 Å². The average Bonchev–Trinajstić information content (AvgIpc) is 3.86. The lowest BCUT2D eigenvalue weighted by molar-refractivity contribution is 0.660. The van der Waals surface area contributed by atoms with Gasteiger partial charge in [0.05, 0.1) is 11.2 Å². The summed E-state index contributed by atoms with van der Waals surface area (Å²) in [6.45, 7) is 4.78. The van der Waals surface area contributed by atoms with E-state index in [4.69, 9.17) is 0 Å². The second-order valence-electron chi connectivity index (χ2n) is 18.1. The molecule has 0 saturated carbocycles. The van der Waals surface area contributed by atoms with E-state index in [0.29, 0.717) is 0 Å². The molecule has 318 valence electrons. The third-order valence-corrected chi connectivity index (χ3v) is 13.8. The van der Waals surface area contributed by atoms with Crippen LogP contribution in [-0.4, -0.2) is 4.57 Å². The van der Waals surface area contributed by atoms with Crippen LogP contribution >= 0.6 is 0 Å². The number of benzene rings is 10. The summed E-state index contributed by atoms with van der Waals surface area (Å²) in [4.78, 5) is 2.40. The highest BCUT2D eigenvalue weighted by Crippen LogP contribution is 2.52. The van der Waals surface area contributed by atoms with Crippen molar-refractivity contribution in [3.63, 3.8) is 0 Å². The first-order chi connectivity index (χ1) is 33.0. The lowest BCUT2D eigenvalue weighted by Gasteiger charge is -2.28. The van der Waals surface area contributed by atoms with Crippen molar-refractivity contribution in [2.45, 2.75) is 19.3 Å². The van der Waals surface area contributed by atoms with Crippen molar-refractivity contribution in [2.24, 2.45) is 0 Å². The smallest absolute Gasteiger partial charge is 0.0619 e. The van der Waals surface area contributed by atoms with Gasteiger partial charge < -0.3 is 9.47 Å². The van der Waals surface area contributed by atoms with E-state index >= 15 is 0 Å². The molecule has 12 rings (SSSR count). The van der Waals surface area contributed by atoms with Crippen LogP contribution in [0.3, 0.4) is 0 Å². The molecule has 0 aliphatic heterocycles. The van der Waals surface area contributed by atoms with Gasteiger partial charge in [-0.05, 0) is 133 Å². The maximum Gasteiger partial charge on any atom is 0.0619 e. The maximum absolute atomic E-state index is 2.45. The van der Waals surface area contributed by atoms with Crippen LogP contribution in [0.2, 0.25) is 0 Å². The molecule has 0 amide bonds. The molecule has 1 aromatic heterocycles. The van der Waals surface area contributed by atoms with Gasteiger partial charge in [-0.25, -0.2) is 0 Å². The molecule has 0 unspecified atom stereocenters. The van der Waals surface area contributed by atoms with Crippen LogP contribution in [-0.2, 0) is 5.41 Å². The molecule has 1 aliphatic carbocycles. The van der Waals surface area contributed by atoms with Crippen LogP contribution in [0.25, 0.3) is 83.5 Å². The number of aromatic nitrogens is 1. The van der Waals surface area contributed by atoms with Crippen molar-refractivity contribution < 1.29 is 0 Å². The molecule has 67 heavy (non-hydrogen) atoms. The third kappa shape index (κ3) is 7.06. The first-order valence-corrected chi connectivity index (χ1v) is 23.3. The van der Waals surface area contributed by atoms with Crippen LogP contribution in [0.1, 0.15) is 25.0 Å². The molecule has 10 aromatic carbocycles. The first-order valence-electron chi connectivity index (χ1n) is 23.3. The number of nitrogens with zero attached hydrogens (tertiary/aromatic N) is 2. The average molecular weight is 857 g/mol. The van der Waals surface area contributed by atoms with Gasteiger partial charge in [0, 0.05) is 39.1 Å². The highest BCUT2D eigenvalue weighted by atomic mass is 15.1. The number of rotatable bonds is 9. The highest BCUT2D eigenvalue weighted by molar-refractivity contribution is 6.07. The van der Waals surface area contributed by atoms with Crippen LogP contribution in [0, 0.1) is 0 Å². The molecule has 11 aromatic rings. The first kappa shape index (κ1) is 40.1. The van der Waals surface area contributed by atoms with E-state index in [9.17, 15) is 0 Å². The summed E-state index contributed by atoms with van der Waals surface area (Å²) in [5.41, 5.74) is 22.8. The molecule has 1 heterocycles. The minimum Gasteiger partial charge on any atom is -0.310 e. The minimum absolute atomic E-state index is 0.243. The van der Waals surface area contributed by atoms with Gasteiger partial charge in [-0.3, -0.25) is 0 Å². The normalized spacial score (nSPS) is 12.4. The fourth-order valence-electron chi connectivity index (χ4n) is 10.4. The van der Waals surface area contributed by atoms with E-state index in [1.807, 2.05) is 0 Å². The predicted molar refractivity (Wildman–Crippen MR) is 283 cm³/mol. The third-order valence-electron chi connectivity index (χ3n) is 13.8. The van der Waals surface area contributed by atoms with E-state index in [1.165, 1.54) is 88.9 Å². The fraction of sp³-hybridized carbons (Fsp3) is 0.0462. The van der Waals surface area contributed by atoms with Gasteiger partial charge in [0.25, 0.3) is 0 Å². The standard InChI is InChI=1S/C65H48N2/c1-65(2)60-43-52(51-33-41-62-59(42-51)63(49-22-12-5-13-23-49)64(50-24-14-6-15-25-50)67(62)53-26-16-7-17-27-53)32-39-57(60)58-40-38-56(44-61(58)65)66(54-34-28-47(29-35-54)45-18-8-3-9-19-45)55-36-30-48(31-37-55)46-20-10-4-11-21-46/h3-44H,1-2H3. The summed E-state index contributed by atoms with van der Waals surface area (Å²) in [6, 6.07) is 92.9. The Bertz CT molecular complexity index is 3450. The van der Waals surface area contributed by atoms with Crippen molar-refractivity contribution in [2.75, 3.05) is 4.90 Å². The highest BCUT2D eigenvalue weighted by Gasteiger charge is 2.36. The maximum atomic E-state index is 2.45. The largest absolute Gasteiger partial charge is 0.310 e. The van der Waals surface area contributed by atoms with Crippen molar-refractivity contribution in [3.8, 4) is 72.6 Å².